The van der Waals surface area contributed by atoms with Gasteiger partial charge in [0, 0.05) is 24.4 Å². The first kappa shape index (κ1) is 22.3. The molecular formula is C17H34IN3O2S. The van der Waals surface area contributed by atoms with Gasteiger partial charge in [0.05, 0.1) is 19.3 Å². The quantitative estimate of drug-likeness (QED) is 0.260. The molecular weight excluding hydrogens is 437 g/mol. The van der Waals surface area contributed by atoms with E-state index in [-0.39, 0.29) is 24.0 Å². The molecule has 0 aromatic carbocycles. The van der Waals surface area contributed by atoms with Gasteiger partial charge in [0.1, 0.15) is 0 Å². The van der Waals surface area contributed by atoms with E-state index in [0.717, 1.165) is 30.3 Å². The number of hydrogen-bond donors (Lipinski definition) is 3. The van der Waals surface area contributed by atoms with Gasteiger partial charge in [-0.15, -0.1) is 24.0 Å². The van der Waals surface area contributed by atoms with Crippen LogP contribution in [0.15, 0.2) is 4.99 Å². The van der Waals surface area contributed by atoms with Crippen LogP contribution in [0.3, 0.4) is 0 Å². The van der Waals surface area contributed by atoms with Crippen LogP contribution in [0.5, 0.6) is 0 Å². The van der Waals surface area contributed by atoms with Crippen LogP contribution in [0.25, 0.3) is 0 Å². The van der Waals surface area contributed by atoms with Gasteiger partial charge in [0.15, 0.2) is 5.96 Å². The number of aliphatic imine (C=N–C) groups is 1. The zero-order valence-electron chi connectivity index (χ0n) is 15.0. The molecule has 2 aliphatic carbocycles. The molecule has 142 valence electrons. The Bertz CT molecular complexity index is 370. The topological polar surface area (TPSA) is 65.9 Å². The molecule has 5 nitrogen and oxygen atoms in total. The van der Waals surface area contributed by atoms with Crippen LogP contribution in [0.2, 0.25) is 0 Å². The van der Waals surface area contributed by atoms with Crippen molar-refractivity contribution in [3.8, 4) is 0 Å². The maximum absolute atomic E-state index is 9.98. The van der Waals surface area contributed by atoms with Gasteiger partial charge in [-0.25, -0.2) is 0 Å². The first-order valence-corrected chi connectivity index (χ1v) is 10.2. The van der Waals surface area contributed by atoms with Crippen molar-refractivity contribution >= 4 is 41.7 Å². The third kappa shape index (κ3) is 9.10. The van der Waals surface area contributed by atoms with E-state index in [4.69, 9.17) is 4.74 Å². The molecule has 0 aromatic heterocycles. The molecule has 3 unspecified atom stereocenters. The maximum Gasteiger partial charge on any atom is 0.191 e. The number of hydrogen-bond acceptors (Lipinski definition) is 4. The second-order valence-corrected chi connectivity index (χ2v) is 8.16. The molecule has 2 aliphatic rings. The Balaban J connectivity index is 0.00000288. The zero-order chi connectivity index (χ0) is 16.5. The summed E-state index contributed by atoms with van der Waals surface area (Å²) in [6.07, 6.45) is 5.73. The lowest BCUT2D eigenvalue weighted by Gasteiger charge is -2.18. The highest BCUT2D eigenvalue weighted by atomic mass is 127. The molecule has 3 atom stereocenters. The number of nitrogens with one attached hydrogen (secondary N) is 2. The summed E-state index contributed by atoms with van der Waals surface area (Å²) in [4.78, 5) is 4.52. The van der Waals surface area contributed by atoms with Crippen molar-refractivity contribution in [2.75, 3.05) is 32.1 Å². The van der Waals surface area contributed by atoms with Gasteiger partial charge >= 0.3 is 0 Å². The summed E-state index contributed by atoms with van der Waals surface area (Å²) in [5.74, 6) is 2.75. The average Bonchev–Trinajstić information content (AvgIpc) is 3.25. The monoisotopic (exact) mass is 471 g/mol. The van der Waals surface area contributed by atoms with Gasteiger partial charge in [0.25, 0.3) is 0 Å². The van der Waals surface area contributed by atoms with E-state index in [1.807, 2.05) is 0 Å². The Hall–Kier alpha value is 0.270. The Labute approximate surface area is 168 Å². The molecule has 0 aromatic rings. The number of guanidine groups is 1. The largest absolute Gasteiger partial charge is 0.389 e. The Morgan fingerprint density at radius 1 is 1.29 bits per heavy atom. The smallest absolute Gasteiger partial charge is 0.191 e. The number of ether oxygens (including phenoxy) is 1. The van der Waals surface area contributed by atoms with Crippen LogP contribution < -0.4 is 10.6 Å². The van der Waals surface area contributed by atoms with Gasteiger partial charge in [-0.2, -0.15) is 11.8 Å². The SMILES string of the molecule is CCNC(=NCC(O)COCC1CC1)NC1CCC(SCC)C1.I. The Kier molecular flexibility index (Phi) is 11.7. The van der Waals surface area contributed by atoms with Crippen LogP contribution in [-0.4, -0.2) is 60.5 Å². The molecule has 0 amide bonds. The van der Waals surface area contributed by atoms with E-state index in [1.54, 1.807) is 0 Å². The molecule has 0 saturated heterocycles. The summed E-state index contributed by atoms with van der Waals surface area (Å²) >= 11 is 2.06. The van der Waals surface area contributed by atoms with Crippen molar-refractivity contribution < 1.29 is 9.84 Å². The van der Waals surface area contributed by atoms with Crippen molar-refractivity contribution in [1.29, 1.82) is 0 Å². The molecule has 2 rings (SSSR count). The summed E-state index contributed by atoms with van der Waals surface area (Å²) in [6.45, 7) is 6.69. The van der Waals surface area contributed by atoms with E-state index in [9.17, 15) is 5.11 Å². The van der Waals surface area contributed by atoms with E-state index < -0.39 is 6.10 Å². The fourth-order valence-electron chi connectivity index (χ4n) is 2.88. The summed E-state index contributed by atoms with van der Waals surface area (Å²) in [5, 5.41) is 17.6. The van der Waals surface area contributed by atoms with Gasteiger partial charge in [-0.05, 0) is 50.7 Å². The summed E-state index contributed by atoms with van der Waals surface area (Å²) in [5.41, 5.74) is 0. The molecule has 7 heteroatoms. The lowest BCUT2D eigenvalue weighted by Crippen LogP contribution is -2.43. The van der Waals surface area contributed by atoms with Gasteiger partial charge in [0.2, 0.25) is 0 Å². The van der Waals surface area contributed by atoms with Crippen LogP contribution in [0, 0.1) is 5.92 Å². The van der Waals surface area contributed by atoms with Crippen molar-refractivity contribution in [2.24, 2.45) is 10.9 Å². The molecule has 24 heavy (non-hydrogen) atoms. The maximum atomic E-state index is 9.98. The average molecular weight is 471 g/mol. The highest BCUT2D eigenvalue weighted by Gasteiger charge is 2.25. The standard InChI is InChI=1S/C17H33N3O2S.HI/c1-3-18-17(20-14-7-8-16(9-14)23-4-2)19-10-15(21)12-22-11-13-5-6-13;/h13-16,21H,3-12H2,1-2H3,(H2,18,19,20);1H. The van der Waals surface area contributed by atoms with Crippen LogP contribution in [0.4, 0.5) is 0 Å². The van der Waals surface area contributed by atoms with E-state index in [2.05, 4.69) is 41.2 Å². The fourth-order valence-corrected chi connectivity index (χ4v) is 4.02. The van der Waals surface area contributed by atoms with Crippen LogP contribution in [0.1, 0.15) is 46.0 Å². The fraction of sp³-hybridized carbons (Fsp3) is 0.941. The van der Waals surface area contributed by atoms with Gasteiger partial charge in [-0.3, -0.25) is 4.99 Å². The minimum Gasteiger partial charge on any atom is -0.389 e. The Morgan fingerprint density at radius 2 is 2.08 bits per heavy atom. The summed E-state index contributed by atoms with van der Waals surface area (Å²) < 4.78 is 5.52. The number of thioether (sulfide) groups is 1. The second-order valence-electron chi connectivity index (χ2n) is 6.59. The molecule has 2 saturated carbocycles. The molecule has 0 spiro atoms. The van der Waals surface area contributed by atoms with Crippen molar-refractivity contribution in [3.05, 3.63) is 0 Å². The minimum atomic E-state index is -0.517. The predicted octanol–water partition coefficient (Wildman–Crippen LogP) is 2.62. The first-order chi connectivity index (χ1) is 11.2. The highest BCUT2D eigenvalue weighted by molar-refractivity contribution is 14.0. The van der Waals surface area contributed by atoms with Gasteiger partial charge in [-0.1, -0.05) is 6.92 Å². The van der Waals surface area contributed by atoms with Gasteiger partial charge < -0.3 is 20.5 Å². The molecule has 0 radical (unpaired) electrons. The number of halogens is 1. The molecule has 2 fully saturated rings. The third-order valence-corrected chi connectivity index (χ3v) is 5.53. The number of aliphatic hydroxyl groups is 1. The molecule has 0 bridgehead atoms. The summed E-state index contributed by atoms with van der Waals surface area (Å²) in [7, 11) is 0. The molecule has 3 N–H and O–H groups in total. The molecule has 0 heterocycles. The number of rotatable bonds is 10. The van der Waals surface area contributed by atoms with E-state index in [0.29, 0.717) is 19.2 Å². The second kappa shape index (κ2) is 12.6. The minimum absolute atomic E-state index is 0. The van der Waals surface area contributed by atoms with E-state index in [1.165, 1.54) is 37.9 Å². The Morgan fingerprint density at radius 3 is 2.75 bits per heavy atom. The highest BCUT2D eigenvalue weighted by Crippen LogP contribution is 2.29. The normalized spacial score (nSPS) is 25.2. The zero-order valence-corrected chi connectivity index (χ0v) is 18.1. The van der Waals surface area contributed by atoms with E-state index >= 15 is 0 Å². The lowest BCUT2D eigenvalue weighted by molar-refractivity contribution is 0.0368. The third-order valence-electron chi connectivity index (χ3n) is 4.29. The lowest BCUT2D eigenvalue weighted by atomic mass is 10.2. The number of aliphatic hydroxyl groups excluding tert-OH is 1. The van der Waals surface area contributed by atoms with Crippen molar-refractivity contribution in [2.45, 2.75) is 63.3 Å². The molecule has 0 aliphatic heterocycles. The number of nitrogens with zero attached hydrogens (tertiary/aromatic N) is 1. The summed E-state index contributed by atoms with van der Waals surface area (Å²) in [6, 6.07) is 0.500. The van der Waals surface area contributed by atoms with Crippen LogP contribution >= 0.6 is 35.7 Å². The predicted molar refractivity (Wildman–Crippen MR) is 114 cm³/mol. The van der Waals surface area contributed by atoms with Crippen molar-refractivity contribution in [1.82, 2.24) is 10.6 Å². The van der Waals surface area contributed by atoms with Crippen LogP contribution in [-0.2, 0) is 4.74 Å². The van der Waals surface area contributed by atoms with Crippen molar-refractivity contribution in [3.63, 3.8) is 0 Å². The first-order valence-electron chi connectivity index (χ1n) is 9.13.